The number of rotatable bonds is 5. The van der Waals surface area contributed by atoms with Gasteiger partial charge in [-0.15, -0.1) is 0 Å². The van der Waals surface area contributed by atoms with Crippen LogP contribution in [0.15, 0.2) is 23.1 Å². The van der Waals surface area contributed by atoms with Gasteiger partial charge in [0.25, 0.3) is 0 Å². The van der Waals surface area contributed by atoms with Crippen molar-refractivity contribution in [3.63, 3.8) is 0 Å². The highest BCUT2D eigenvalue weighted by atomic mass is 32.2. The number of hydrogen-bond acceptors (Lipinski definition) is 5. The van der Waals surface area contributed by atoms with Crippen molar-refractivity contribution in [1.29, 1.82) is 5.41 Å². The minimum Gasteiger partial charge on any atom is -0.486 e. The summed E-state index contributed by atoms with van der Waals surface area (Å²) in [5.74, 6) is 0.744. The topological polar surface area (TPSA) is 106 Å². The largest absolute Gasteiger partial charge is 0.486 e. The van der Waals surface area contributed by atoms with Gasteiger partial charge in [0.2, 0.25) is 10.0 Å². The zero-order valence-electron chi connectivity index (χ0n) is 11.1. The van der Waals surface area contributed by atoms with E-state index in [1.54, 1.807) is 13.0 Å². The molecule has 0 saturated carbocycles. The molecule has 110 valence electrons. The highest BCUT2D eigenvalue weighted by Crippen LogP contribution is 2.33. The molecular weight excluding hydrogens is 282 g/mol. The molecule has 20 heavy (non-hydrogen) atoms. The Morgan fingerprint density at radius 2 is 2.00 bits per heavy atom. The van der Waals surface area contributed by atoms with Crippen molar-refractivity contribution in [2.24, 2.45) is 5.73 Å². The first kappa shape index (κ1) is 14.6. The molecule has 0 fully saturated rings. The maximum Gasteiger partial charge on any atom is 0.243 e. The van der Waals surface area contributed by atoms with Crippen LogP contribution in [0.2, 0.25) is 0 Å². The number of amidine groups is 1. The molecule has 0 amide bonds. The van der Waals surface area contributed by atoms with E-state index in [0.717, 1.165) is 4.31 Å². The summed E-state index contributed by atoms with van der Waals surface area (Å²) in [5, 5.41) is 7.25. The fourth-order valence-corrected chi connectivity index (χ4v) is 3.33. The molecule has 3 N–H and O–H groups in total. The van der Waals surface area contributed by atoms with E-state index in [1.165, 1.54) is 12.1 Å². The van der Waals surface area contributed by atoms with Gasteiger partial charge in [-0.2, -0.15) is 4.31 Å². The summed E-state index contributed by atoms with van der Waals surface area (Å²) in [6.45, 7) is 2.63. The summed E-state index contributed by atoms with van der Waals surface area (Å²) in [7, 11) is -3.70. The Morgan fingerprint density at radius 1 is 1.35 bits per heavy atom. The van der Waals surface area contributed by atoms with E-state index in [-0.39, 0.29) is 23.8 Å². The predicted molar refractivity (Wildman–Crippen MR) is 73.8 cm³/mol. The monoisotopic (exact) mass is 299 g/mol. The van der Waals surface area contributed by atoms with Gasteiger partial charge in [-0.05, 0) is 12.1 Å². The fourth-order valence-electron chi connectivity index (χ4n) is 1.89. The molecule has 0 saturated heterocycles. The van der Waals surface area contributed by atoms with Crippen LogP contribution in [0.3, 0.4) is 0 Å². The molecule has 1 aliphatic rings. The van der Waals surface area contributed by atoms with Crippen LogP contribution in [0, 0.1) is 5.41 Å². The van der Waals surface area contributed by atoms with Crippen molar-refractivity contribution < 1.29 is 17.9 Å². The molecule has 1 aromatic carbocycles. The number of sulfonamides is 1. The minimum atomic E-state index is -3.70. The van der Waals surface area contributed by atoms with Crippen LogP contribution in [-0.4, -0.2) is 44.9 Å². The van der Waals surface area contributed by atoms with Crippen LogP contribution in [-0.2, 0) is 10.0 Å². The predicted octanol–water partition coefficient (Wildman–Crippen LogP) is 0.404. The molecule has 0 aliphatic carbocycles. The summed E-state index contributed by atoms with van der Waals surface area (Å²) in [5.41, 5.74) is 5.29. The molecule has 0 unspecified atom stereocenters. The van der Waals surface area contributed by atoms with Crippen LogP contribution in [0.4, 0.5) is 0 Å². The van der Waals surface area contributed by atoms with Crippen molar-refractivity contribution in [1.82, 2.24) is 4.31 Å². The molecular formula is C12H17N3O4S. The van der Waals surface area contributed by atoms with Crippen molar-refractivity contribution in [2.45, 2.75) is 11.8 Å². The van der Waals surface area contributed by atoms with Crippen molar-refractivity contribution >= 4 is 15.9 Å². The van der Waals surface area contributed by atoms with Crippen LogP contribution in [0.1, 0.15) is 6.92 Å². The average Bonchev–Trinajstić information content (AvgIpc) is 2.43. The molecule has 7 nitrogen and oxygen atoms in total. The third-order valence-corrected chi connectivity index (χ3v) is 4.77. The Morgan fingerprint density at radius 3 is 2.60 bits per heavy atom. The highest BCUT2D eigenvalue weighted by molar-refractivity contribution is 7.89. The van der Waals surface area contributed by atoms with Crippen LogP contribution < -0.4 is 15.2 Å². The van der Waals surface area contributed by atoms with Gasteiger partial charge >= 0.3 is 0 Å². The summed E-state index contributed by atoms with van der Waals surface area (Å²) < 4.78 is 36.8. The molecule has 1 aliphatic heterocycles. The number of hydrogen-bond donors (Lipinski definition) is 2. The lowest BCUT2D eigenvalue weighted by molar-refractivity contribution is 0.171. The van der Waals surface area contributed by atoms with Gasteiger partial charge in [0, 0.05) is 12.6 Å². The number of ether oxygens (including phenoxy) is 2. The zero-order chi connectivity index (χ0) is 14.8. The van der Waals surface area contributed by atoms with Gasteiger partial charge in [-0.1, -0.05) is 6.92 Å². The van der Waals surface area contributed by atoms with Crippen LogP contribution in [0.5, 0.6) is 11.5 Å². The van der Waals surface area contributed by atoms with E-state index in [1.807, 2.05) is 0 Å². The second-order valence-electron chi connectivity index (χ2n) is 4.26. The number of nitrogens with two attached hydrogens (primary N) is 1. The number of likely N-dealkylation sites (N-methyl/N-ethyl adjacent to an activating group) is 1. The van der Waals surface area contributed by atoms with E-state index in [9.17, 15) is 8.42 Å². The maximum absolute atomic E-state index is 12.5. The number of fused-ring (bicyclic) bond motifs is 1. The summed E-state index contributed by atoms with van der Waals surface area (Å²) in [4.78, 5) is 0.102. The van der Waals surface area contributed by atoms with E-state index in [0.29, 0.717) is 24.7 Å². The van der Waals surface area contributed by atoms with Gasteiger partial charge in [-0.3, -0.25) is 5.41 Å². The first-order valence-corrected chi connectivity index (χ1v) is 7.62. The summed E-state index contributed by atoms with van der Waals surface area (Å²) in [6.07, 6.45) is 0. The van der Waals surface area contributed by atoms with Crippen molar-refractivity contribution in [2.75, 3.05) is 26.3 Å². The van der Waals surface area contributed by atoms with Gasteiger partial charge in [0.1, 0.15) is 19.0 Å². The fraction of sp³-hybridized carbons (Fsp3) is 0.417. The Kier molecular flexibility index (Phi) is 4.15. The quantitative estimate of drug-likeness (QED) is 0.605. The third kappa shape index (κ3) is 2.86. The van der Waals surface area contributed by atoms with Gasteiger partial charge < -0.3 is 15.2 Å². The van der Waals surface area contributed by atoms with Gasteiger partial charge in [-0.25, -0.2) is 8.42 Å². The minimum absolute atomic E-state index is 0.102. The van der Waals surface area contributed by atoms with E-state index in [4.69, 9.17) is 20.6 Å². The number of nitrogens with zero attached hydrogens (tertiary/aromatic N) is 1. The third-order valence-electron chi connectivity index (χ3n) is 2.85. The molecule has 2 rings (SSSR count). The molecule has 0 aromatic heterocycles. The summed E-state index contributed by atoms with van der Waals surface area (Å²) in [6, 6.07) is 4.47. The molecule has 0 spiro atoms. The average molecular weight is 299 g/mol. The van der Waals surface area contributed by atoms with E-state index in [2.05, 4.69) is 0 Å². The number of benzene rings is 1. The Balaban J connectivity index is 2.35. The first-order chi connectivity index (χ1) is 9.45. The molecule has 8 heteroatoms. The Labute approximate surface area is 117 Å². The van der Waals surface area contributed by atoms with Gasteiger partial charge in [0.15, 0.2) is 11.5 Å². The lowest BCUT2D eigenvalue weighted by Crippen LogP contribution is -2.38. The normalized spacial score (nSPS) is 14.3. The molecule has 1 heterocycles. The maximum atomic E-state index is 12.5. The molecule has 0 atom stereocenters. The summed E-state index contributed by atoms with van der Waals surface area (Å²) >= 11 is 0. The number of nitrogens with one attached hydrogen (secondary N) is 1. The zero-order valence-corrected chi connectivity index (χ0v) is 11.9. The van der Waals surface area contributed by atoms with Crippen LogP contribution >= 0.6 is 0 Å². The first-order valence-electron chi connectivity index (χ1n) is 6.18. The Hall–Kier alpha value is -1.80. The van der Waals surface area contributed by atoms with Crippen molar-refractivity contribution in [3.05, 3.63) is 18.2 Å². The SMILES string of the molecule is CCN(CC(=N)N)S(=O)(=O)c1ccc2c(c1)OCCO2. The van der Waals surface area contributed by atoms with Crippen molar-refractivity contribution in [3.8, 4) is 11.5 Å². The standard InChI is InChI=1S/C12H17N3O4S/c1-2-15(8-12(13)14)20(16,17)9-3-4-10-11(7-9)19-6-5-18-10/h3-4,7H,2,5-6,8H2,1H3,(H3,13,14). The lowest BCUT2D eigenvalue weighted by Gasteiger charge is -2.22. The second-order valence-corrected chi connectivity index (χ2v) is 6.20. The smallest absolute Gasteiger partial charge is 0.243 e. The van der Waals surface area contributed by atoms with E-state index < -0.39 is 10.0 Å². The Bertz CT molecular complexity index is 615. The van der Waals surface area contributed by atoms with Crippen LogP contribution in [0.25, 0.3) is 0 Å². The molecule has 0 bridgehead atoms. The van der Waals surface area contributed by atoms with E-state index >= 15 is 0 Å². The lowest BCUT2D eigenvalue weighted by atomic mass is 10.3. The van der Waals surface area contributed by atoms with Gasteiger partial charge in [0.05, 0.1) is 11.4 Å². The second kappa shape index (κ2) is 5.68. The molecule has 1 aromatic rings. The highest BCUT2D eigenvalue weighted by Gasteiger charge is 2.25. The molecule has 0 radical (unpaired) electrons.